The molecule has 0 saturated carbocycles. The molecule has 0 aliphatic carbocycles. The van der Waals surface area contributed by atoms with Gasteiger partial charge >= 0.3 is 0 Å². The number of nitrogens with two attached hydrogens (primary N) is 1. The van der Waals surface area contributed by atoms with Gasteiger partial charge < -0.3 is 5.73 Å². The van der Waals surface area contributed by atoms with E-state index in [1.54, 1.807) is 0 Å². The second kappa shape index (κ2) is 2.27. The SMILES string of the molecule is C=[N+]1CCC(N)CC1. The third-order valence-corrected chi connectivity index (χ3v) is 1.63. The van der Waals surface area contributed by atoms with Crippen molar-refractivity contribution in [1.82, 2.24) is 0 Å². The van der Waals surface area contributed by atoms with Gasteiger partial charge in [-0.3, -0.25) is 0 Å². The van der Waals surface area contributed by atoms with Crippen molar-refractivity contribution >= 4 is 6.72 Å². The van der Waals surface area contributed by atoms with Gasteiger partial charge in [0, 0.05) is 18.9 Å². The van der Waals surface area contributed by atoms with E-state index in [9.17, 15) is 0 Å². The van der Waals surface area contributed by atoms with Crippen LogP contribution in [0.2, 0.25) is 0 Å². The molecular weight excluding hydrogens is 100 g/mol. The molecule has 1 aliphatic heterocycles. The summed E-state index contributed by atoms with van der Waals surface area (Å²) in [5.74, 6) is 0. The lowest BCUT2D eigenvalue weighted by Gasteiger charge is -2.14. The summed E-state index contributed by atoms with van der Waals surface area (Å²) >= 11 is 0. The van der Waals surface area contributed by atoms with Crippen molar-refractivity contribution < 1.29 is 4.58 Å². The largest absolute Gasteiger partial charge is 0.327 e. The molecule has 2 heteroatoms. The van der Waals surface area contributed by atoms with Gasteiger partial charge in [0.15, 0.2) is 0 Å². The lowest BCUT2D eigenvalue weighted by molar-refractivity contribution is -0.529. The topological polar surface area (TPSA) is 29.0 Å². The highest BCUT2D eigenvalue weighted by molar-refractivity contribution is 5.14. The van der Waals surface area contributed by atoms with Gasteiger partial charge in [0.2, 0.25) is 0 Å². The predicted molar refractivity (Wildman–Crippen MR) is 34.3 cm³/mol. The summed E-state index contributed by atoms with van der Waals surface area (Å²) < 4.78 is 2.07. The number of piperidine rings is 1. The summed E-state index contributed by atoms with van der Waals surface area (Å²) in [6.07, 6.45) is 2.23. The quantitative estimate of drug-likeness (QED) is 0.434. The molecular formula is C6H13N2+. The van der Waals surface area contributed by atoms with Crippen LogP contribution >= 0.6 is 0 Å². The molecule has 8 heavy (non-hydrogen) atoms. The molecule has 0 bridgehead atoms. The number of hydrogen-bond acceptors (Lipinski definition) is 1. The zero-order valence-electron chi connectivity index (χ0n) is 5.14. The maximum Gasteiger partial charge on any atom is 0.143 e. The van der Waals surface area contributed by atoms with Gasteiger partial charge in [0.25, 0.3) is 0 Å². The smallest absolute Gasteiger partial charge is 0.143 e. The second-order valence-electron chi connectivity index (χ2n) is 2.46. The lowest BCUT2D eigenvalue weighted by Crippen LogP contribution is -2.33. The molecule has 1 heterocycles. The standard InChI is InChI=1S/C6H13N2/c1-8-4-2-6(7)3-5-8/h6H,1-5,7H2/q+1. The van der Waals surface area contributed by atoms with Crippen molar-refractivity contribution in [2.24, 2.45) is 5.73 Å². The van der Waals surface area contributed by atoms with E-state index < -0.39 is 0 Å². The first kappa shape index (κ1) is 5.76. The van der Waals surface area contributed by atoms with Crippen LogP contribution in [0, 0.1) is 0 Å². The minimum absolute atomic E-state index is 0.438. The lowest BCUT2D eigenvalue weighted by atomic mass is 10.1. The molecule has 1 saturated heterocycles. The van der Waals surface area contributed by atoms with Crippen molar-refractivity contribution in [2.45, 2.75) is 18.9 Å². The number of hydrogen-bond donors (Lipinski definition) is 1. The fourth-order valence-corrected chi connectivity index (χ4v) is 0.953. The summed E-state index contributed by atoms with van der Waals surface area (Å²) in [6, 6.07) is 0.438. The van der Waals surface area contributed by atoms with Crippen LogP contribution in [0.3, 0.4) is 0 Å². The molecule has 0 aromatic rings. The maximum absolute atomic E-state index is 5.64. The van der Waals surface area contributed by atoms with E-state index in [0.717, 1.165) is 25.9 Å². The van der Waals surface area contributed by atoms with Gasteiger partial charge in [-0.15, -0.1) is 0 Å². The van der Waals surface area contributed by atoms with Crippen LogP contribution in [0.25, 0.3) is 0 Å². The monoisotopic (exact) mass is 113 g/mol. The van der Waals surface area contributed by atoms with Gasteiger partial charge in [-0.2, -0.15) is 0 Å². The van der Waals surface area contributed by atoms with Gasteiger partial charge in [-0.05, 0) is 0 Å². The number of rotatable bonds is 0. The summed E-state index contributed by atoms with van der Waals surface area (Å²) in [6.45, 7) is 5.95. The van der Waals surface area contributed by atoms with Crippen LogP contribution in [0.1, 0.15) is 12.8 Å². The van der Waals surface area contributed by atoms with E-state index in [1.807, 2.05) is 0 Å². The third-order valence-electron chi connectivity index (χ3n) is 1.63. The highest BCUT2D eigenvalue weighted by Crippen LogP contribution is 2.01. The van der Waals surface area contributed by atoms with Crippen molar-refractivity contribution in [3.05, 3.63) is 0 Å². The third kappa shape index (κ3) is 1.30. The molecule has 1 aliphatic rings. The van der Waals surface area contributed by atoms with Gasteiger partial charge in [-0.25, -0.2) is 4.58 Å². The fraction of sp³-hybridized carbons (Fsp3) is 0.833. The van der Waals surface area contributed by atoms with Crippen molar-refractivity contribution in [1.29, 1.82) is 0 Å². The molecule has 0 unspecified atom stereocenters. The van der Waals surface area contributed by atoms with Gasteiger partial charge in [0.05, 0.1) is 0 Å². The molecule has 1 fully saturated rings. The summed E-state index contributed by atoms with van der Waals surface area (Å²) in [4.78, 5) is 0. The molecule has 2 nitrogen and oxygen atoms in total. The average molecular weight is 113 g/mol. The summed E-state index contributed by atoms with van der Waals surface area (Å²) in [5, 5.41) is 0. The van der Waals surface area contributed by atoms with Crippen LogP contribution in [0.15, 0.2) is 0 Å². The predicted octanol–water partition coefficient (Wildman–Crippen LogP) is -0.179. The first-order valence-electron chi connectivity index (χ1n) is 3.10. The van der Waals surface area contributed by atoms with Gasteiger partial charge in [0.1, 0.15) is 19.8 Å². The number of nitrogens with zero attached hydrogens (tertiary/aromatic N) is 1. The van der Waals surface area contributed by atoms with Crippen LogP contribution in [0.5, 0.6) is 0 Å². The Balaban J connectivity index is 2.29. The van der Waals surface area contributed by atoms with E-state index in [0.29, 0.717) is 6.04 Å². The van der Waals surface area contributed by atoms with Crippen molar-refractivity contribution in [2.75, 3.05) is 13.1 Å². The minimum Gasteiger partial charge on any atom is -0.327 e. The molecule has 0 aromatic heterocycles. The summed E-state index contributed by atoms with van der Waals surface area (Å²) in [7, 11) is 0. The molecule has 0 radical (unpaired) electrons. The van der Waals surface area contributed by atoms with E-state index in [-0.39, 0.29) is 0 Å². The average Bonchev–Trinajstić information content (AvgIpc) is 1.77. The van der Waals surface area contributed by atoms with Crippen LogP contribution in [0.4, 0.5) is 0 Å². The van der Waals surface area contributed by atoms with E-state index >= 15 is 0 Å². The van der Waals surface area contributed by atoms with Gasteiger partial charge in [-0.1, -0.05) is 0 Å². The first-order valence-corrected chi connectivity index (χ1v) is 3.10. The molecule has 46 valence electrons. The fourth-order valence-electron chi connectivity index (χ4n) is 0.953. The Morgan fingerprint density at radius 1 is 1.38 bits per heavy atom. The van der Waals surface area contributed by atoms with Crippen molar-refractivity contribution in [3.8, 4) is 0 Å². The Labute approximate surface area is 50.0 Å². The van der Waals surface area contributed by atoms with Crippen LogP contribution in [-0.2, 0) is 0 Å². The Hall–Kier alpha value is -0.370. The summed E-state index contributed by atoms with van der Waals surface area (Å²) in [5.41, 5.74) is 5.64. The maximum atomic E-state index is 5.64. The van der Waals surface area contributed by atoms with E-state index in [2.05, 4.69) is 11.3 Å². The van der Waals surface area contributed by atoms with Crippen LogP contribution < -0.4 is 5.73 Å². The zero-order valence-corrected chi connectivity index (χ0v) is 5.14. The molecule has 0 amide bonds. The Morgan fingerprint density at radius 2 is 1.88 bits per heavy atom. The molecule has 1 rings (SSSR count). The minimum atomic E-state index is 0.438. The van der Waals surface area contributed by atoms with E-state index in [1.165, 1.54) is 0 Å². The second-order valence-corrected chi connectivity index (χ2v) is 2.46. The zero-order chi connectivity index (χ0) is 5.98. The molecule has 0 spiro atoms. The van der Waals surface area contributed by atoms with Crippen molar-refractivity contribution in [3.63, 3.8) is 0 Å². The molecule has 0 aromatic carbocycles. The van der Waals surface area contributed by atoms with Crippen LogP contribution in [-0.4, -0.2) is 30.4 Å². The normalized spacial score (nSPS) is 23.9. The Morgan fingerprint density at radius 3 is 2.25 bits per heavy atom. The molecule has 2 N–H and O–H groups in total. The molecule has 0 atom stereocenters. The Kier molecular flexibility index (Phi) is 1.63. The first-order chi connectivity index (χ1) is 3.79. The highest BCUT2D eigenvalue weighted by atomic mass is 15.0. The Bertz CT molecular complexity index is 88.7. The highest BCUT2D eigenvalue weighted by Gasteiger charge is 2.14. The van der Waals surface area contributed by atoms with E-state index in [4.69, 9.17) is 5.73 Å².